The van der Waals surface area contributed by atoms with Gasteiger partial charge in [-0.1, -0.05) is 13.8 Å². The van der Waals surface area contributed by atoms with Crippen LogP contribution in [0.4, 0.5) is 0 Å². The predicted octanol–water partition coefficient (Wildman–Crippen LogP) is 2.17. The number of nitrogens with zero attached hydrogens (tertiary/aromatic N) is 1. The lowest BCUT2D eigenvalue weighted by molar-refractivity contribution is -0.141. The minimum absolute atomic E-state index is 0.173. The number of carbonyl (C=O) groups excluding carboxylic acids is 2. The Morgan fingerprint density at radius 1 is 1.47 bits per heavy atom. The fourth-order valence-electron chi connectivity index (χ4n) is 2.54. The van der Waals surface area contributed by atoms with E-state index in [1.54, 1.807) is 0 Å². The second-order valence-corrected chi connectivity index (χ2v) is 5.92. The van der Waals surface area contributed by atoms with Gasteiger partial charge in [0.2, 0.25) is 5.91 Å². The summed E-state index contributed by atoms with van der Waals surface area (Å²) in [5.74, 6) is 0.440. The van der Waals surface area contributed by atoms with Gasteiger partial charge >= 0.3 is 0 Å². The number of amides is 1. The highest BCUT2D eigenvalue weighted by molar-refractivity contribution is 5.87. The number of aromatic amines is 1. The number of likely N-dealkylation sites (tertiary alicyclic amines) is 1. The topological polar surface area (TPSA) is 53.2 Å². The Bertz CT molecular complexity index is 449. The standard InChI is InChI=1S/C15H22N2O2/c1-15(2)11-17(10-8-13(15)18)14(19)7-3-5-12-6-4-9-16-12/h4,6,9,16H,3,5,7-8,10-11H2,1-2H3. The van der Waals surface area contributed by atoms with Gasteiger partial charge in [-0.3, -0.25) is 9.59 Å². The molecular formula is C15H22N2O2. The number of hydrogen-bond acceptors (Lipinski definition) is 2. The summed E-state index contributed by atoms with van der Waals surface area (Å²) >= 11 is 0. The molecule has 4 heteroatoms. The van der Waals surface area contributed by atoms with Gasteiger partial charge < -0.3 is 9.88 Å². The summed E-state index contributed by atoms with van der Waals surface area (Å²) in [6.07, 6.45) is 4.70. The molecule has 4 nitrogen and oxygen atoms in total. The third-order valence-electron chi connectivity index (χ3n) is 3.80. The van der Waals surface area contributed by atoms with E-state index in [1.165, 1.54) is 5.69 Å². The van der Waals surface area contributed by atoms with Gasteiger partial charge in [-0.2, -0.15) is 0 Å². The van der Waals surface area contributed by atoms with Crippen molar-refractivity contribution in [2.75, 3.05) is 13.1 Å². The van der Waals surface area contributed by atoms with Crippen molar-refractivity contribution in [2.45, 2.75) is 39.5 Å². The minimum atomic E-state index is -0.382. The van der Waals surface area contributed by atoms with Crippen LogP contribution in [0.5, 0.6) is 0 Å². The molecule has 1 fully saturated rings. The molecule has 19 heavy (non-hydrogen) atoms. The Labute approximate surface area is 114 Å². The maximum absolute atomic E-state index is 12.1. The van der Waals surface area contributed by atoms with Gasteiger partial charge in [0.15, 0.2) is 0 Å². The van der Waals surface area contributed by atoms with E-state index in [0.29, 0.717) is 25.9 Å². The van der Waals surface area contributed by atoms with Crippen LogP contribution in [0.25, 0.3) is 0 Å². The maximum atomic E-state index is 12.1. The SMILES string of the molecule is CC1(C)CN(C(=O)CCCc2ccc[nH]2)CCC1=O. The normalized spacial score (nSPS) is 18.6. The fourth-order valence-corrected chi connectivity index (χ4v) is 2.54. The lowest BCUT2D eigenvalue weighted by Crippen LogP contribution is -2.48. The van der Waals surface area contributed by atoms with E-state index in [2.05, 4.69) is 4.98 Å². The maximum Gasteiger partial charge on any atom is 0.222 e. The van der Waals surface area contributed by atoms with E-state index in [0.717, 1.165) is 12.8 Å². The van der Waals surface area contributed by atoms with Crippen LogP contribution in [0.15, 0.2) is 18.3 Å². The highest BCUT2D eigenvalue weighted by Crippen LogP contribution is 2.25. The third kappa shape index (κ3) is 3.46. The molecule has 104 valence electrons. The lowest BCUT2D eigenvalue weighted by atomic mass is 9.82. The zero-order valence-corrected chi connectivity index (χ0v) is 11.7. The first kappa shape index (κ1) is 13.8. The van der Waals surface area contributed by atoms with Crippen molar-refractivity contribution in [1.82, 2.24) is 9.88 Å². The van der Waals surface area contributed by atoms with E-state index >= 15 is 0 Å². The van der Waals surface area contributed by atoms with Crippen LogP contribution in [0.1, 0.15) is 38.8 Å². The van der Waals surface area contributed by atoms with E-state index in [1.807, 2.05) is 37.1 Å². The van der Waals surface area contributed by atoms with Crippen molar-refractivity contribution >= 4 is 11.7 Å². The third-order valence-corrected chi connectivity index (χ3v) is 3.80. The Hall–Kier alpha value is -1.58. The Balaban J connectivity index is 1.79. The number of carbonyl (C=O) groups is 2. The monoisotopic (exact) mass is 262 g/mol. The van der Waals surface area contributed by atoms with Crippen LogP contribution in [-0.4, -0.2) is 34.7 Å². The molecular weight excluding hydrogens is 240 g/mol. The van der Waals surface area contributed by atoms with Gasteiger partial charge in [-0.15, -0.1) is 0 Å². The van der Waals surface area contributed by atoms with Gasteiger partial charge in [-0.05, 0) is 25.0 Å². The number of piperidine rings is 1. The van der Waals surface area contributed by atoms with Crippen molar-refractivity contribution < 1.29 is 9.59 Å². The molecule has 0 bridgehead atoms. The summed E-state index contributed by atoms with van der Waals surface area (Å²) in [4.78, 5) is 28.8. The van der Waals surface area contributed by atoms with Crippen LogP contribution >= 0.6 is 0 Å². The van der Waals surface area contributed by atoms with Crippen molar-refractivity contribution in [3.8, 4) is 0 Å². The van der Waals surface area contributed by atoms with Crippen LogP contribution in [0.2, 0.25) is 0 Å². The molecule has 2 heterocycles. The van der Waals surface area contributed by atoms with E-state index < -0.39 is 0 Å². The Morgan fingerprint density at radius 2 is 2.26 bits per heavy atom. The quantitative estimate of drug-likeness (QED) is 0.904. The van der Waals surface area contributed by atoms with E-state index in [-0.39, 0.29) is 17.1 Å². The highest BCUT2D eigenvalue weighted by Gasteiger charge is 2.35. The summed E-state index contributed by atoms with van der Waals surface area (Å²) < 4.78 is 0. The van der Waals surface area contributed by atoms with Gasteiger partial charge in [-0.25, -0.2) is 0 Å². The van der Waals surface area contributed by atoms with Gasteiger partial charge in [0.25, 0.3) is 0 Å². The molecule has 0 unspecified atom stereocenters. The summed E-state index contributed by atoms with van der Waals surface area (Å²) in [5, 5.41) is 0. The lowest BCUT2D eigenvalue weighted by Gasteiger charge is -2.36. The first-order valence-electron chi connectivity index (χ1n) is 6.92. The first-order chi connectivity index (χ1) is 8.99. The molecule has 1 aromatic heterocycles. The molecule has 1 aliphatic rings. The number of Topliss-reactive ketones (excluding diaryl/α,β-unsaturated/α-hetero) is 1. The molecule has 0 radical (unpaired) electrons. The number of nitrogens with one attached hydrogen (secondary N) is 1. The molecule has 1 saturated heterocycles. The molecule has 0 atom stereocenters. The molecule has 1 amide bonds. The summed E-state index contributed by atoms with van der Waals surface area (Å²) in [6, 6.07) is 4.00. The number of ketones is 1. The van der Waals surface area contributed by atoms with Crippen molar-refractivity contribution in [1.29, 1.82) is 0 Å². The van der Waals surface area contributed by atoms with Crippen molar-refractivity contribution in [2.24, 2.45) is 5.41 Å². The number of aryl methyl sites for hydroxylation is 1. The summed E-state index contributed by atoms with van der Waals surface area (Å²) in [7, 11) is 0. The first-order valence-corrected chi connectivity index (χ1v) is 6.92. The Morgan fingerprint density at radius 3 is 2.89 bits per heavy atom. The van der Waals surface area contributed by atoms with Crippen molar-refractivity contribution in [3.05, 3.63) is 24.0 Å². The largest absolute Gasteiger partial charge is 0.365 e. The molecule has 0 aromatic carbocycles. The second kappa shape index (κ2) is 5.59. The number of H-pyrrole nitrogens is 1. The molecule has 2 rings (SSSR count). The molecule has 0 spiro atoms. The van der Waals surface area contributed by atoms with Crippen LogP contribution in [0, 0.1) is 5.41 Å². The van der Waals surface area contributed by atoms with Gasteiger partial charge in [0.1, 0.15) is 5.78 Å². The minimum Gasteiger partial charge on any atom is -0.365 e. The van der Waals surface area contributed by atoms with Gasteiger partial charge in [0, 0.05) is 43.2 Å². The zero-order chi connectivity index (χ0) is 13.9. The summed E-state index contributed by atoms with van der Waals surface area (Å²) in [6.45, 7) is 5.00. The highest BCUT2D eigenvalue weighted by atomic mass is 16.2. The fraction of sp³-hybridized carbons (Fsp3) is 0.600. The average molecular weight is 262 g/mol. The summed E-state index contributed by atoms with van der Waals surface area (Å²) in [5.41, 5.74) is 0.787. The molecule has 1 N–H and O–H groups in total. The number of rotatable bonds is 4. The number of aromatic nitrogens is 1. The van der Waals surface area contributed by atoms with Crippen LogP contribution in [0.3, 0.4) is 0 Å². The smallest absolute Gasteiger partial charge is 0.222 e. The van der Waals surface area contributed by atoms with Crippen LogP contribution < -0.4 is 0 Å². The molecule has 1 aromatic rings. The second-order valence-electron chi connectivity index (χ2n) is 5.92. The van der Waals surface area contributed by atoms with Crippen molar-refractivity contribution in [3.63, 3.8) is 0 Å². The molecule has 1 aliphatic heterocycles. The van der Waals surface area contributed by atoms with E-state index in [4.69, 9.17) is 0 Å². The zero-order valence-electron chi connectivity index (χ0n) is 11.7. The van der Waals surface area contributed by atoms with Crippen LogP contribution in [-0.2, 0) is 16.0 Å². The van der Waals surface area contributed by atoms with Gasteiger partial charge in [0.05, 0.1) is 0 Å². The van der Waals surface area contributed by atoms with E-state index in [9.17, 15) is 9.59 Å². The Kier molecular flexibility index (Phi) is 4.08. The predicted molar refractivity (Wildman–Crippen MR) is 73.7 cm³/mol. The number of hydrogen-bond donors (Lipinski definition) is 1. The molecule has 0 aliphatic carbocycles. The molecule has 0 saturated carbocycles. The average Bonchev–Trinajstić information content (AvgIpc) is 2.85.